The summed E-state index contributed by atoms with van der Waals surface area (Å²) in [6.07, 6.45) is 4.71. The normalized spacial score (nSPS) is 15.0. The summed E-state index contributed by atoms with van der Waals surface area (Å²) in [4.78, 5) is 4.51. The van der Waals surface area contributed by atoms with Gasteiger partial charge in [-0.25, -0.2) is 0 Å². The second kappa shape index (κ2) is 8.96. The molecule has 1 N–H and O–H groups in total. The number of nitrogens with zero attached hydrogens (tertiary/aromatic N) is 1. The van der Waals surface area contributed by atoms with Crippen molar-refractivity contribution in [1.82, 2.24) is 4.98 Å². The van der Waals surface area contributed by atoms with Crippen LogP contribution < -0.4 is 0 Å². The predicted molar refractivity (Wildman–Crippen MR) is 87.3 cm³/mol. The lowest BCUT2D eigenvalue weighted by atomic mass is 10.1. The maximum absolute atomic E-state index is 9.33. The van der Waals surface area contributed by atoms with Gasteiger partial charge in [-0.3, -0.25) is 4.98 Å². The monoisotopic (exact) mass is 291 g/mol. The minimum Gasteiger partial charge on any atom is -0.389 e. The van der Waals surface area contributed by atoms with Gasteiger partial charge < -0.3 is 9.84 Å². The van der Waals surface area contributed by atoms with Crippen molar-refractivity contribution in [3.05, 3.63) is 40.7 Å². The quantitative estimate of drug-likeness (QED) is 0.733. The molecule has 0 aliphatic carbocycles. The highest BCUT2D eigenvalue weighted by Crippen LogP contribution is 2.15. The van der Waals surface area contributed by atoms with Crippen LogP contribution >= 0.6 is 0 Å². The van der Waals surface area contributed by atoms with Crippen molar-refractivity contribution < 1.29 is 9.84 Å². The number of aromatic nitrogens is 1. The van der Waals surface area contributed by atoms with Crippen LogP contribution in [-0.2, 0) is 11.3 Å². The van der Waals surface area contributed by atoms with Crippen LogP contribution in [-0.4, -0.2) is 22.3 Å². The number of aliphatic hydroxyl groups excluding tert-OH is 1. The molecule has 0 spiro atoms. The standard InChI is InChI=1S/C18H29NO2/c1-6-18(8-7-13(2)10-16(5)20)21-12-17-11-14(3)9-15(4)19-17/h9-11,16,18,20H,6-8,12H2,1-5H3/b13-10-/t16?,18-/m1/s1. The van der Waals surface area contributed by atoms with Crippen molar-refractivity contribution >= 4 is 0 Å². The molecule has 1 heterocycles. The van der Waals surface area contributed by atoms with E-state index < -0.39 is 0 Å². The second-order valence-electron chi connectivity index (χ2n) is 5.91. The van der Waals surface area contributed by atoms with Gasteiger partial charge in [0.05, 0.1) is 24.5 Å². The zero-order chi connectivity index (χ0) is 15.8. The van der Waals surface area contributed by atoms with Gasteiger partial charge in [0.2, 0.25) is 0 Å². The molecule has 21 heavy (non-hydrogen) atoms. The maximum Gasteiger partial charge on any atom is 0.0891 e. The van der Waals surface area contributed by atoms with Crippen LogP contribution in [0.4, 0.5) is 0 Å². The first-order chi connectivity index (χ1) is 9.90. The number of rotatable bonds is 8. The highest BCUT2D eigenvalue weighted by molar-refractivity contribution is 5.18. The maximum atomic E-state index is 9.33. The van der Waals surface area contributed by atoms with Crippen LogP contribution in [0, 0.1) is 13.8 Å². The van der Waals surface area contributed by atoms with Gasteiger partial charge in [-0.1, -0.05) is 18.6 Å². The summed E-state index contributed by atoms with van der Waals surface area (Å²) < 4.78 is 5.99. The van der Waals surface area contributed by atoms with Crippen molar-refractivity contribution in [2.24, 2.45) is 0 Å². The van der Waals surface area contributed by atoms with Gasteiger partial charge >= 0.3 is 0 Å². The summed E-state index contributed by atoms with van der Waals surface area (Å²) in [6, 6.07) is 4.16. The molecule has 2 atom stereocenters. The molecule has 3 nitrogen and oxygen atoms in total. The largest absolute Gasteiger partial charge is 0.389 e. The summed E-state index contributed by atoms with van der Waals surface area (Å²) in [6.45, 7) is 10.7. The molecule has 0 aromatic carbocycles. The molecule has 1 rings (SSSR count). The SMILES string of the molecule is CC[C@H](CC/C(C)=C\C(C)O)OCc1cc(C)cc(C)n1. The van der Waals surface area contributed by atoms with Gasteiger partial charge in [-0.05, 0) is 64.7 Å². The van der Waals surface area contributed by atoms with Crippen LogP contribution in [0.3, 0.4) is 0 Å². The van der Waals surface area contributed by atoms with E-state index in [4.69, 9.17) is 4.74 Å². The molecule has 1 aromatic heterocycles. The third kappa shape index (κ3) is 7.39. The minimum atomic E-state index is -0.370. The number of hydrogen-bond donors (Lipinski definition) is 1. The highest BCUT2D eigenvalue weighted by atomic mass is 16.5. The third-order valence-corrected chi connectivity index (χ3v) is 3.46. The Morgan fingerprint density at radius 2 is 2.10 bits per heavy atom. The molecule has 0 fully saturated rings. The molecule has 0 saturated carbocycles. The van der Waals surface area contributed by atoms with Crippen LogP contribution in [0.15, 0.2) is 23.8 Å². The first-order valence-corrected chi connectivity index (χ1v) is 7.81. The minimum absolute atomic E-state index is 0.241. The summed E-state index contributed by atoms with van der Waals surface area (Å²) in [5, 5.41) is 9.33. The van der Waals surface area contributed by atoms with E-state index in [0.717, 1.165) is 30.7 Å². The van der Waals surface area contributed by atoms with Crippen LogP contribution in [0.5, 0.6) is 0 Å². The molecule has 3 heteroatoms. The molecule has 118 valence electrons. The molecule has 1 unspecified atom stereocenters. The van der Waals surface area contributed by atoms with Gasteiger partial charge in [0, 0.05) is 5.69 Å². The van der Waals surface area contributed by atoms with Crippen molar-refractivity contribution in [1.29, 1.82) is 0 Å². The van der Waals surface area contributed by atoms with E-state index in [9.17, 15) is 5.11 Å². The average Bonchev–Trinajstić information content (AvgIpc) is 2.37. The van der Waals surface area contributed by atoms with E-state index in [1.165, 1.54) is 11.1 Å². The Hall–Kier alpha value is -1.19. The zero-order valence-corrected chi connectivity index (χ0v) is 14.0. The Kier molecular flexibility index (Phi) is 7.62. The van der Waals surface area contributed by atoms with E-state index in [1.807, 2.05) is 13.0 Å². The lowest BCUT2D eigenvalue weighted by Gasteiger charge is -2.16. The topological polar surface area (TPSA) is 42.4 Å². The van der Waals surface area contributed by atoms with E-state index in [1.54, 1.807) is 6.92 Å². The van der Waals surface area contributed by atoms with E-state index in [2.05, 4.69) is 37.9 Å². The molecule has 1 aromatic rings. The van der Waals surface area contributed by atoms with E-state index in [-0.39, 0.29) is 12.2 Å². The molecular formula is C18H29NO2. The van der Waals surface area contributed by atoms with Crippen molar-refractivity contribution in [3.63, 3.8) is 0 Å². The van der Waals surface area contributed by atoms with E-state index >= 15 is 0 Å². The summed E-state index contributed by atoms with van der Waals surface area (Å²) in [7, 11) is 0. The Bertz CT molecular complexity index is 446. The smallest absolute Gasteiger partial charge is 0.0891 e. The fraction of sp³-hybridized carbons (Fsp3) is 0.611. The molecule has 0 amide bonds. The third-order valence-electron chi connectivity index (χ3n) is 3.46. The van der Waals surface area contributed by atoms with Gasteiger partial charge in [-0.15, -0.1) is 0 Å². The summed E-state index contributed by atoms with van der Waals surface area (Å²) in [5.74, 6) is 0. The Balaban J connectivity index is 2.47. The average molecular weight is 291 g/mol. The first kappa shape index (κ1) is 17.9. The number of aryl methyl sites for hydroxylation is 2. The van der Waals surface area contributed by atoms with Crippen molar-refractivity contribution in [2.75, 3.05) is 0 Å². The summed E-state index contributed by atoms with van der Waals surface area (Å²) in [5.41, 5.74) is 4.49. The Morgan fingerprint density at radius 3 is 2.67 bits per heavy atom. The predicted octanol–water partition coefficient (Wildman–Crippen LogP) is 4.10. The van der Waals surface area contributed by atoms with Crippen LogP contribution in [0.1, 0.15) is 57.0 Å². The number of aliphatic hydroxyl groups is 1. The van der Waals surface area contributed by atoms with Gasteiger partial charge in [0.15, 0.2) is 0 Å². The fourth-order valence-corrected chi connectivity index (χ4v) is 2.49. The number of hydrogen-bond acceptors (Lipinski definition) is 3. The zero-order valence-electron chi connectivity index (χ0n) is 14.0. The molecule has 0 aliphatic heterocycles. The number of ether oxygens (including phenoxy) is 1. The lowest BCUT2D eigenvalue weighted by molar-refractivity contribution is 0.0309. The summed E-state index contributed by atoms with van der Waals surface area (Å²) >= 11 is 0. The number of pyridine rings is 1. The first-order valence-electron chi connectivity index (χ1n) is 7.81. The van der Waals surface area contributed by atoms with E-state index in [0.29, 0.717) is 6.61 Å². The number of allylic oxidation sites excluding steroid dienone is 1. The van der Waals surface area contributed by atoms with Crippen LogP contribution in [0.25, 0.3) is 0 Å². The highest BCUT2D eigenvalue weighted by Gasteiger charge is 2.08. The Labute approximate surface area is 129 Å². The molecule has 0 radical (unpaired) electrons. The van der Waals surface area contributed by atoms with Crippen LogP contribution in [0.2, 0.25) is 0 Å². The van der Waals surface area contributed by atoms with Crippen molar-refractivity contribution in [2.45, 2.75) is 72.7 Å². The molecule has 0 bridgehead atoms. The lowest BCUT2D eigenvalue weighted by Crippen LogP contribution is -2.13. The molecule has 0 aliphatic rings. The fourth-order valence-electron chi connectivity index (χ4n) is 2.49. The van der Waals surface area contributed by atoms with Gasteiger partial charge in [-0.2, -0.15) is 0 Å². The van der Waals surface area contributed by atoms with Crippen molar-refractivity contribution in [3.8, 4) is 0 Å². The molecular weight excluding hydrogens is 262 g/mol. The second-order valence-corrected chi connectivity index (χ2v) is 5.91. The Morgan fingerprint density at radius 1 is 1.38 bits per heavy atom. The molecule has 0 saturated heterocycles. The van der Waals surface area contributed by atoms with Gasteiger partial charge in [0.1, 0.15) is 0 Å². The van der Waals surface area contributed by atoms with Gasteiger partial charge in [0.25, 0.3) is 0 Å².